The fourth-order valence-corrected chi connectivity index (χ4v) is 1.60. The Morgan fingerprint density at radius 3 is 3.00 bits per heavy atom. The molecule has 0 aliphatic carbocycles. The van der Waals surface area contributed by atoms with Gasteiger partial charge in [0.1, 0.15) is 0 Å². The van der Waals surface area contributed by atoms with Crippen molar-refractivity contribution >= 4 is 11.6 Å². The number of benzene rings is 1. The number of hydrogen-bond donors (Lipinski definition) is 2. The molecule has 2 aromatic rings. The molecule has 0 unspecified atom stereocenters. The molecule has 1 aromatic heterocycles. The Kier molecular flexibility index (Phi) is 3.62. The molecule has 0 saturated carbocycles. The Morgan fingerprint density at radius 2 is 2.33 bits per heavy atom. The summed E-state index contributed by atoms with van der Waals surface area (Å²) in [6.07, 6.45) is 5.29. The van der Waals surface area contributed by atoms with E-state index >= 15 is 0 Å². The number of carbonyl (C=O) groups excluding carboxylic acids is 1. The van der Waals surface area contributed by atoms with Gasteiger partial charge in [0.2, 0.25) is 0 Å². The standard InChI is InChI=1S/C13H16N4O/c1-10-2-3-11(8-12(10)14)13(18)16-5-7-17-6-4-15-9-17/h2-4,6,8-9H,5,7,14H2,1H3,(H,16,18). The Labute approximate surface area is 106 Å². The van der Waals surface area contributed by atoms with Crippen LogP contribution >= 0.6 is 0 Å². The molecule has 0 atom stereocenters. The van der Waals surface area contributed by atoms with Crippen molar-refractivity contribution in [2.75, 3.05) is 12.3 Å². The number of aryl methyl sites for hydroxylation is 1. The van der Waals surface area contributed by atoms with Crippen molar-refractivity contribution in [1.82, 2.24) is 14.9 Å². The Hall–Kier alpha value is -2.30. The summed E-state index contributed by atoms with van der Waals surface area (Å²) in [5.74, 6) is -0.109. The van der Waals surface area contributed by atoms with Gasteiger partial charge in [-0.25, -0.2) is 4.98 Å². The molecule has 1 aromatic carbocycles. The predicted molar refractivity (Wildman–Crippen MR) is 70.2 cm³/mol. The van der Waals surface area contributed by atoms with E-state index in [0.717, 1.165) is 5.56 Å². The molecule has 0 aliphatic rings. The van der Waals surface area contributed by atoms with Gasteiger partial charge in [0.05, 0.1) is 6.33 Å². The number of hydrogen-bond acceptors (Lipinski definition) is 3. The van der Waals surface area contributed by atoms with Gasteiger partial charge in [0, 0.05) is 36.7 Å². The van der Waals surface area contributed by atoms with Crippen LogP contribution in [0, 0.1) is 6.92 Å². The maximum Gasteiger partial charge on any atom is 0.251 e. The summed E-state index contributed by atoms with van der Waals surface area (Å²) in [6, 6.07) is 5.32. The first-order valence-electron chi connectivity index (χ1n) is 5.77. The molecule has 0 radical (unpaired) electrons. The average Bonchev–Trinajstić information content (AvgIpc) is 2.85. The van der Waals surface area contributed by atoms with E-state index in [-0.39, 0.29) is 5.91 Å². The van der Waals surface area contributed by atoms with Crippen LogP contribution in [0.15, 0.2) is 36.9 Å². The molecule has 5 nitrogen and oxygen atoms in total. The number of nitrogen functional groups attached to an aromatic ring is 1. The third-order valence-corrected chi connectivity index (χ3v) is 2.76. The van der Waals surface area contributed by atoms with Crippen molar-refractivity contribution < 1.29 is 4.79 Å². The largest absolute Gasteiger partial charge is 0.398 e. The Balaban J connectivity index is 1.89. The lowest BCUT2D eigenvalue weighted by Gasteiger charge is -2.07. The monoisotopic (exact) mass is 244 g/mol. The second-order valence-corrected chi connectivity index (χ2v) is 4.13. The van der Waals surface area contributed by atoms with E-state index in [2.05, 4.69) is 10.3 Å². The Bertz CT molecular complexity index is 534. The van der Waals surface area contributed by atoms with Crippen LogP contribution in [0.4, 0.5) is 5.69 Å². The minimum atomic E-state index is -0.109. The highest BCUT2D eigenvalue weighted by atomic mass is 16.1. The van der Waals surface area contributed by atoms with Crippen LogP contribution < -0.4 is 11.1 Å². The number of amides is 1. The van der Waals surface area contributed by atoms with Crippen LogP contribution in [0.2, 0.25) is 0 Å². The lowest BCUT2D eigenvalue weighted by atomic mass is 10.1. The number of imidazole rings is 1. The molecule has 0 fully saturated rings. The number of anilines is 1. The molecule has 18 heavy (non-hydrogen) atoms. The third-order valence-electron chi connectivity index (χ3n) is 2.76. The topological polar surface area (TPSA) is 72.9 Å². The molecule has 0 bridgehead atoms. The van der Waals surface area contributed by atoms with Crippen LogP contribution in [-0.4, -0.2) is 22.0 Å². The van der Waals surface area contributed by atoms with Gasteiger partial charge in [0.25, 0.3) is 5.91 Å². The van der Waals surface area contributed by atoms with E-state index in [4.69, 9.17) is 5.73 Å². The molecule has 3 N–H and O–H groups in total. The van der Waals surface area contributed by atoms with Crippen molar-refractivity contribution in [3.05, 3.63) is 48.0 Å². The molecule has 94 valence electrons. The van der Waals surface area contributed by atoms with Crippen molar-refractivity contribution in [2.45, 2.75) is 13.5 Å². The van der Waals surface area contributed by atoms with Crippen molar-refractivity contribution in [3.63, 3.8) is 0 Å². The van der Waals surface area contributed by atoms with Crippen LogP contribution in [0.3, 0.4) is 0 Å². The number of nitrogens with two attached hydrogens (primary N) is 1. The fourth-order valence-electron chi connectivity index (χ4n) is 1.60. The summed E-state index contributed by atoms with van der Waals surface area (Å²) < 4.78 is 1.91. The molecule has 0 saturated heterocycles. The van der Waals surface area contributed by atoms with Gasteiger partial charge in [-0.3, -0.25) is 4.79 Å². The minimum Gasteiger partial charge on any atom is -0.398 e. The number of carbonyl (C=O) groups is 1. The zero-order chi connectivity index (χ0) is 13.0. The highest BCUT2D eigenvalue weighted by Crippen LogP contribution is 2.12. The zero-order valence-corrected chi connectivity index (χ0v) is 10.3. The summed E-state index contributed by atoms with van der Waals surface area (Å²) in [6.45, 7) is 3.17. The quantitative estimate of drug-likeness (QED) is 0.794. The zero-order valence-electron chi connectivity index (χ0n) is 10.3. The summed E-state index contributed by atoms with van der Waals surface area (Å²) in [4.78, 5) is 15.8. The SMILES string of the molecule is Cc1ccc(C(=O)NCCn2ccnc2)cc1N. The smallest absolute Gasteiger partial charge is 0.251 e. The molecule has 0 aliphatic heterocycles. The summed E-state index contributed by atoms with van der Waals surface area (Å²) in [5.41, 5.74) is 7.97. The minimum absolute atomic E-state index is 0.109. The van der Waals surface area contributed by atoms with Gasteiger partial charge >= 0.3 is 0 Å². The maximum absolute atomic E-state index is 11.8. The third kappa shape index (κ3) is 2.88. The van der Waals surface area contributed by atoms with E-state index < -0.39 is 0 Å². The first-order chi connectivity index (χ1) is 8.66. The first-order valence-corrected chi connectivity index (χ1v) is 5.77. The molecule has 2 rings (SSSR count). The van der Waals surface area contributed by atoms with E-state index in [1.807, 2.05) is 23.8 Å². The lowest BCUT2D eigenvalue weighted by molar-refractivity contribution is 0.0952. The highest BCUT2D eigenvalue weighted by Gasteiger charge is 2.05. The fraction of sp³-hybridized carbons (Fsp3) is 0.231. The normalized spacial score (nSPS) is 10.3. The summed E-state index contributed by atoms with van der Waals surface area (Å²) in [7, 11) is 0. The van der Waals surface area contributed by atoms with Crippen LogP contribution in [0.5, 0.6) is 0 Å². The van der Waals surface area contributed by atoms with Crippen molar-refractivity contribution in [3.8, 4) is 0 Å². The lowest BCUT2D eigenvalue weighted by Crippen LogP contribution is -2.27. The number of nitrogens with one attached hydrogen (secondary N) is 1. The predicted octanol–water partition coefficient (Wildman–Crippen LogP) is 1.20. The van der Waals surface area contributed by atoms with Gasteiger partial charge in [-0.05, 0) is 24.6 Å². The van der Waals surface area contributed by atoms with Crippen LogP contribution in [0.25, 0.3) is 0 Å². The molecular weight excluding hydrogens is 228 g/mol. The number of aromatic nitrogens is 2. The van der Waals surface area contributed by atoms with Gasteiger partial charge in [-0.15, -0.1) is 0 Å². The van der Waals surface area contributed by atoms with Crippen LogP contribution in [0.1, 0.15) is 15.9 Å². The maximum atomic E-state index is 11.8. The van der Waals surface area contributed by atoms with Crippen LogP contribution in [-0.2, 0) is 6.54 Å². The number of rotatable bonds is 4. The van der Waals surface area contributed by atoms with Gasteiger partial charge < -0.3 is 15.6 Å². The van der Waals surface area contributed by atoms with E-state index in [1.54, 1.807) is 24.7 Å². The van der Waals surface area contributed by atoms with Crippen molar-refractivity contribution in [2.24, 2.45) is 0 Å². The average molecular weight is 244 g/mol. The summed E-state index contributed by atoms with van der Waals surface area (Å²) >= 11 is 0. The molecule has 5 heteroatoms. The van der Waals surface area contributed by atoms with Crippen molar-refractivity contribution in [1.29, 1.82) is 0 Å². The van der Waals surface area contributed by atoms with Gasteiger partial charge in [-0.1, -0.05) is 6.07 Å². The first kappa shape index (κ1) is 12.2. The molecule has 1 amide bonds. The van der Waals surface area contributed by atoms with Gasteiger partial charge in [0.15, 0.2) is 0 Å². The van der Waals surface area contributed by atoms with E-state index in [1.165, 1.54) is 0 Å². The second-order valence-electron chi connectivity index (χ2n) is 4.13. The molecular formula is C13H16N4O. The highest BCUT2D eigenvalue weighted by molar-refractivity contribution is 5.95. The van der Waals surface area contributed by atoms with E-state index in [0.29, 0.717) is 24.3 Å². The van der Waals surface area contributed by atoms with E-state index in [9.17, 15) is 4.79 Å². The molecule has 0 spiro atoms. The summed E-state index contributed by atoms with van der Waals surface area (Å²) in [5, 5.41) is 2.84. The number of nitrogens with zero attached hydrogens (tertiary/aromatic N) is 2. The second kappa shape index (κ2) is 5.35. The molecule has 1 heterocycles. The Morgan fingerprint density at radius 1 is 1.50 bits per heavy atom. The van der Waals surface area contributed by atoms with Gasteiger partial charge in [-0.2, -0.15) is 0 Å².